The van der Waals surface area contributed by atoms with Crippen molar-refractivity contribution in [2.75, 3.05) is 11.1 Å². The Kier molecular flexibility index (Phi) is 5.38. The summed E-state index contributed by atoms with van der Waals surface area (Å²) >= 11 is 1.42. The zero-order chi connectivity index (χ0) is 17.8. The van der Waals surface area contributed by atoms with Crippen molar-refractivity contribution in [2.24, 2.45) is 0 Å². The van der Waals surface area contributed by atoms with Gasteiger partial charge in [-0.2, -0.15) is 0 Å². The van der Waals surface area contributed by atoms with Gasteiger partial charge in [0, 0.05) is 23.5 Å². The average Bonchev–Trinajstić information content (AvgIpc) is 3.03. The molecule has 0 radical (unpaired) electrons. The number of amides is 1. The van der Waals surface area contributed by atoms with Crippen molar-refractivity contribution in [1.29, 1.82) is 0 Å². The highest BCUT2D eigenvalue weighted by Gasteiger charge is 2.15. The number of nitrogens with zero attached hydrogens (tertiary/aromatic N) is 3. The number of fused-ring (bicyclic) bond motifs is 1. The van der Waals surface area contributed by atoms with Gasteiger partial charge in [0.25, 0.3) is 0 Å². The van der Waals surface area contributed by atoms with Crippen LogP contribution in [0, 0.1) is 0 Å². The van der Waals surface area contributed by atoms with Crippen molar-refractivity contribution in [3.63, 3.8) is 0 Å². The third-order valence-electron chi connectivity index (χ3n) is 3.97. The van der Waals surface area contributed by atoms with Gasteiger partial charge in [-0.05, 0) is 18.4 Å². The van der Waals surface area contributed by atoms with Gasteiger partial charge in [-0.3, -0.25) is 4.79 Å². The summed E-state index contributed by atoms with van der Waals surface area (Å²) in [5.41, 5.74) is 0.837. The van der Waals surface area contributed by atoms with E-state index in [-0.39, 0.29) is 5.91 Å². The lowest BCUT2D eigenvalue weighted by Gasteiger charge is -2.10. The monoisotopic (exact) mass is 354 g/mol. The third-order valence-corrected chi connectivity index (χ3v) is 4.94. The number of hydrogen-bond donors (Lipinski definition) is 1. The molecule has 0 aliphatic heterocycles. The number of hydrogen-bond acceptors (Lipinski definition) is 4. The molecule has 2 aromatic carbocycles. The topological polar surface area (TPSA) is 59.8 Å². The summed E-state index contributed by atoms with van der Waals surface area (Å²) in [5, 5.41) is 14.4. The van der Waals surface area contributed by atoms with E-state index in [9.17, 15) is 4.79 Å². The van der Waals surface area contributed by atoms with Gasteiger partial charge < -0.3 is 9.88 Å². The molecule has 1 heterocycles. The summed E-state index contributed by atoms with van der Waals surface area (Å²) in [7, 11) is 0. The second-order valence-corrected chi connectivity index (χ2v) is 7.05. The molecular formula is C19H22N4OS. The molecule has 1 aromatic heterocycles. The summed E-state index contributed by atoms with van der Waals surface area (Å²) in [6.45, 7) is 7.05. The minimum atomic E-state index is -0.0434. The normalized spacial score (nSPS) is 11.2. The zero-order valence-electron chi connectivity index (χ0n) is 14.7. The van der Waals surface area contributed by atoms with E-state index in [1.54, 1.807) is 0 Å². The highest BCUT2D eigenvalue weighted by molar-refractivity contribution is 7.99. The van der Waals surface area contributed by atoms with E-state index in [1.807, 2.05) is 42.5 Å². The van der Waals surface area contributed by atoms with E-state index in [2.05, 4.69) is 40.9 Å². The summed E-state index contributed by atoms with van der Waals surface area (Å²) in [6.07, 6.45) is 0. The first-order chi connectivity index (χ1) is 12.1. The van der Waals surface area contributed by atoms with Crippen LogP contribution in [0.4, 0.5) is 5.69 Å². The van der Waals surface area contributed by atoms with Crippen LogP contribution in [0.2, 0.25) is 0 Å². The van der Waals surface area contributed by atoms with Gasteiger partial charge in [0.1, 0.15) is 5.82 Å². The van der Waals surface area contributed by atoms with Gasteiger partial charge in [0.05, 0.1) is 5.75 Å². The van der Waals surface area contributed by atoms with Crippen molar-refractivity contribution in [3.8, 4) is 0 Å². The van der Waals surface area contributed by atoms with Crippen LogP contribution in [0.25, 0.3) is 10.8 Å². The quantitative estimate of drug-likeness (QED) is 0.670. The molecule has 0 saturated heterocycles. The first-order valence-electron chi connectivity index (χ1n) is 8.43. The SMILES string of the molecule is CCn1c(SCC(=O)Nc2cccc3ccccc23)nnc1C(C)C. The van der Waals surface area contributed by atoms with Crippen molar-refractivity contribution in [1.82, 2.24) is 14.8 Å². The Bertz CT molecular complexity index is 883. The minimum absolute atomic E-state index is 0.0434. The van der Waals surface area contributed by atoms with Crippen LogP contribution in [-0.2, 0) is 11.3 Å². The average molecular weight is 354 g/mol. The lowest BCUT2D eigenvalue weighted by atomic mass is 10.1. The molecule has 0 unspecified atom stereocenters. The summed E-state index contributed by atoms with van der Waals surface area (Å²) in [4.78, 5) is 12.4. The van der Waals surface area contributed by atoms with E-state index >= 15 is 0 Å². The van der Waals surface area contributed by atoms with E-state index in [0.717, 1.165) is 34.0 Å². The highest BCUT2D eigenvalue weighted by Crippen LogP contribution is 2.24. The first-order valence-corrected chi connectivity index (χ1v) is 9.42. The molecule has 0 bridgehead atoms. The van der Waals surface area contributed by atoms with E-state index < -0.39 is 0 Å². The van der Waals surface area contributed by atoms with Crippen LogP contribution in [0.5, 0.6) is 0 Å². The number of aromatic nitrogens is 3. The number of benzene rings is 2. The van der Waals surface area contributed by atoms with Crippen molar-refractivity contribution >= 4 is 34.1 Å². The van der Waals surface area contributed by atoms with Crippen molar-refractivity contribution in [3.05, 3.63) is 48.3 Å². The van der Waals surface area contributed by atoms with Crippen LogP contribution >= 0.6 is 11.8 Å². The molecule has 1 N–H and O–H groups in total. The number of thioether (sulfide) groups is 1. The predicted molar refractivity (Wildman–Crippen MR) is 103 cm³/mol. The molecule has 3 rings (SSSR count). The fourth-order valence-corrected chi connectivity index (χ4v) is 3.59. The Morgan fingerprint density at radius 1 is 1.16 bits per heavy atom. The fourth-order valence-electron chi connectivity index (χ4n) is 2.78. The molecule has 1 amide bonds. The number of rotatable bonds is 6. The molecule has 25 heavy (non-hydrogen) atoms. The van der Waals surface area contributed by atoms with E-state index in [1.165, 1.54) is 11.8 Å². The van der Waals surface area contributed by atoms with Crippen molar-refractivity contribution < 1.29 is 4.79 Å². The molecule has 0 aliphatic carbocycles. The van der Waals surface area contributed by atoms with E-state index in [0.29, 0.717) is 11.7 Å². The fraction of sp³-hybridized carbons (Fsp3) is 0.316. The molecule has 6 heteroatoms. The molecule has 3 aromatic rings. The Labute approximate surface area is 151 Å². The minimum Gasteiger partial charge on any atom is -0.325 e. The molecule has 0 spiro atoms. The summed E-state index contributed by atoms with van der Waals surface area (Å²) < 4.78 is 2.07. The smallest absolute Gasteiger partial charge is 0.234 e. The van der Waals surface area contributed by atoms with Gasteiger partial charge >= 0.3 is 0 Å². The van der Waals surface area contributed by atoms with Crippen LogP contribution in [0.3, 0.4) is 0 Å². The third kappa shape index (κ3) is 3.85. The molecule has 0 fully saturated rings. The van der Waals surface area contributed by atoms with Crippen LogP contribution in [0.1, 0.15) is 32.5 Å². The molecule has 5 nitrogen and oxygen atoms in total. The molecule has 0 atom stereocenters. The molecular weight excluding hydrogens is 332 g/mol. The highest BCUT2D eigenvalue weighted by atomic mass is 32.2. The second kappa shape index (κ2) is 7.70. The Balaban J connectivity index is 1.69. The lowest BCUT2D eigenvalue weighted by Crippen LogP contribution is -2.15. The zero-order valence-corrected chi connectivity index (χ0v) is 15.5. The van der Waals surface area contributed by atoms with Gasteiger partial charge in [-0.15, -0.1) is 10.2 Å². The predicted octanol–water partition coefficient (Wildman–Crippen LogP) is 4.31. The van der Waals surface area contributed by atoms with Crippen LogP contribution < -0.4 is 5.32 Å². The van der Waals surface area contributed by atoms with Gasteiger partial charge in [-0.1, -0.05) is 62.0 Å². The standard InChI is InChI=1S/C19H22N4OS/c1-4-23-18(13(2)3)21-22-19(23)25-12-17(24)20-16-11-7-9-14-8-5-6-10-15(14)16/h5-11,13H,4,12H2,1-3H3,(H,20,24). The molecule has 130 valence electrons. The Morgan fingerprint density at radius 2 is 1.92 bits per heavy atom. The van der Waals surface area contributed by atoms with Gasteiger partial charge in [0.15, 0.2) is 5.16 Å². The number of anilines is 1. The lowest BCUT2D eigenvalue weighted by molar-refractivity contribution is -0.113. The van der Waals surface area contributed by atoms with Crippen LogP contribution in [-0.4, -0.2) is 26.4 Å². The van der Waals surface area contributed by atoms with Crippen LogP contribution in [0.15, 0.2) is 47.6 Å². The summed E-state index contributed by atoms with van der Waals surface area (Å²) in [5.74, 6) is 1.53. The Hall–Kier alpha value is -2.34. The maximum absolute atomic E-state index is 12.4. The van der Waals surface area contributed by atoms with Gasteiger partial charge in [0.2, 0.25) is 5.91 Å². The number of carbonyl (C=O) groups excluding carboxylic acids is 1. The number of nitrogens with one attached hydrogen (secondary N) is 1. The molecule has 0 saturated carbocycles. The maximum Gasteiger partial charge on any atom is 0.234 e. The van der Waals surface area contributed by atoms with E-state index in [4.69, 9.17) is 0 Å². The Morgan fingerprint density at radius 3 is 2.68 bits per heavy atom. The first kappa shape index (κ1) is 17.5. The maximum atomic E-state index is 12.4. The van der Waals surface area contributed by atoms with Gasteiger partial charge in [-0.25, -0.2) is 0 Å². The molecule has 0 aliphatic rings. The largest absolute Gasteiger partial charge is 0.325 e. The number of carbonyl (C=O) groups is 1. The summed E-state index contributed by atoms with van der Waals surface area (Å²) in [6, 6.07) is 13.9. The van der Waals surface area contributed by atoms with Crippen molar-refractivity contribution in [2.45, 2.75) is 38.4 Å². The second-order valence-electron chi connectivity index (χ2n) is 6.10.